The highest BCUT2D eigenvalue weighted by Crippen LogP contribution is 2.32. The first-order valence-corrected chi connectivity index (χ1v) is 10.8. The Morgan fingerprint density at radius 2 is 1.91 bits per heavy atom. The summed E-state index contributed by atoms with van der Waals surface area (Å²) in [5, 5.41) is 7.34. The van der Waals surface area contributed by atoms with Crippen LogP contribution in [0.3, 0.4) is 0 Å². The van der Waals surface area contributed by atoms with Gasteiger partial charge >= 0.3 is 0 Å². The number of guanidine groups is 1. The van der Waals surface area contributed by atoms with Gasteiger partial charge in [0.15, 0.2) is 11.5 Å². The lowest BCUT2D eigenvalue weighted by molar-refractivity contribution is 0.0976. The number of H-pyrrole nitrogens is 1. The molecule has 2 heterocycles. The quantitative estimate of drug-likeness (QED) is 0.312. The monoisotopic (exact) mass is 440 g/mol. The van der Waals surface area contributed by atoms with Crippen molar-refractivity contribution in [2.45, 2.75) is 13.3 Å². The van der Waals surface area contributed by atoms with Crippen molar-refractivity contribution in [1.82, 2.24) is 10.3 Å². The van der Waals surface area contributed by atoms with Crippen LogP contribution in [-0.2, 0) is 6.42 Å². The fraction of sp³-hybridized carbons (Fsp3) is 0.154. The third-order valence-corrected chi connectivity index (χ3v) is 5.47. The van der Waals surface area contributed by atoms with Crippen LogP contribution in [0.2, 0.25) is 0 Å². The molecular formula is C26H24N4O3. The number of benzene rings is 3. The lowest BCUT2D eigenvalue weighted by atomic mass is 10.1. The van der Waals surface area contributed by atoms with E-state index in [-0.39, 0.29) is 12.7 Å². The second-order valence-electron chi connectivity index (χ2n) is 7.86. The van der Waals surface area contributed by atoms with Crippen LogP contribution in [0, 0.1) is 6.92 Å². The second-order valence-corrected chi connectivity index (χ2v) is 7.86. The second kappa shape index (κ2) is 9.08. The van der Waals surface area contributed by atoms with Crippen molar-refractivity contribution in [2.75, 3.05) is 18.7 Å². The number of anilines is 1. The van der Waals surface area contributed by atoms with Gasteiger partial charge in [-0.3, -0.25) is 15.1 Å². The van der Waals surface area contributed by atoms with Gasteiger partial charge in [-0.2, -0.15) is 0 Å². The smallest absolute Gasteiger partial charge is 0.258 e. The molecule has 5 rings (SSSR count). The van der Waals surface area contributed by atoms with Crippen LogP contribution in [0.25, 0.3) is 10.9 Å². The fourth-order valence-electron chi connectivity index (χ4n) is 3.81. The summed E-state index contributed by atoms with van der Waals surface area (Å²) in [4.78, 5) is 20.9. The van der Waals surface area contributed by atoms with E-state index in [2.05, 4.69) is 32.7 Å². The predicted molar refractivity (Wildman–Crippen MR) is 129 cm³/mol. The number of nitrogens with one attached hydrogen (secondary N) is 3. The topological polar surface area (TPSA) is 87.7 Å². The van der Waals surface area contributed by atoms with Gasteiger partial charge in [0.05, 0.1) is 0 Å². The molecule has 1 amide bonds. The normalized spacial score (nSPS) is 12.7. The van der Waals surface area contributed by atoms with Crippen molar-refractivity contribution in [3.63, 3.8) is 0 Å². The molecule has 0 radical (unpaired) electrons. The van der Waals surface area contributed by atoms with Crippen LogP contribution in [-0.4, -0.2) is 30.2 Å². The van der Waals surface area contributed by atoms with Crippen LogP contribution < -0.4 is 20.1 Å². The number of para-hydroxylation sites is 1. The van der Waals surface area contributed by atoms with Gasteiger partial charge in [-0.25, -0.2) is 0 Å². The van der Waals surface area contributed by atoms with Gasteiger partial charge < -0.3 is 19.8 Å². The average Bonchev–Trinajstić information content (AvgIpc) is 3.45. The number of aryl methyl sites for hydroxylation is 1. The molecule has 1 aliphatic rings. The van der Waals surface area contributed by atoms with E-state index >= 15 is 0 Å². The molecule has 0 bridgehead atoms. The fourth-order valence-corrected chi connectivity index (χ4v) is 3.81. The number of aliphatic imine (C=N–C) groups is 1. The Bertz CT molecular complexity index is 1340. The minimum atomic E-state index is -0.278. The standard InChI is InChI=1S/C26H24N4O3/c1-17-5-4-6-20(13-17)29-26(27-12-11-19-15-28-22-8-3-2-7-21(19)22)30-25(31)18-9-10-23-24(14-18)33-16-32-23/h2-10,13-15,28H,11-12,16H2,1H3,(H2,27,29,30,31). The first kappa shape index (κ1) is 20.6. The third kappa shape index (κ3) is 4.67. The van der Waals surface area contributed by atoms with Crippen molar-refractivity contribution in [2.24, 2.45) is 4.99 Å². The van der Waals surface area contributed by atoms with E-state index in [4.69, 9.17) is 9.47 Å². The number of fused-ring (bicyclic) bond motifs is 2. The number of nitrogens with zero attached hydrogens (tertiary/aromatic N) is 1. The number of amides is 1. The maximum atomic E-state index is 12.9. The Morgan fingerprint density at radius 1 is 1.03 bits per heavy atom. The van der Waals surface area contributed by atoms with Crippen molar-refractivity contribution in [3.05, 3.63) is 89.6 Å². The van der Waals surface area contributed by atoms with Crippen molar-refractivity contribution in [3.8, 4) is 11.5 Å². The van der Waals surface area contributed by atoms with Crippen LogP contribution >= 0.6 is 0 Å². The summed E-state index contributed by atoms with van der Waals surface area (Å²) in [7, 11) is 0. The van der Waals surface area contributed by atoms with E-state index in [1.807, 2.05) is 49.5 Å². The first-order chi connectivity index (χ1) is 16.2. The molecule has 3 aromatic carbocycles. The first-order valence-electron chi connectivity index (χ1n) is 10.8. The molecule has 0 spiro atoms. The average molecular weight is 441 g/mol. The number of rotatable bonds is 5. The summed E-state index contributed by atoms with van der Waals surface area (Å²) in [6.45, 7) is 2.69. The van der Waals surface area contributed by atoms with Crippen molar-refractivity contribution >= 4 is 28.5 Å². The third-order valence-electron chi connectivity index (χ3n) is 5.47. The van der Waals surface area contributed by atoms with E-state index in [1.165, 1.54) is 10.9 Å². The molecule has 4 aromatic rings. The molecule has 0 atom stereocenters. The Labute approximate surface area is 191 Å². The van der Waals surface area contributed by atoms with Crippen LogP contribution in [0.15, 0.2) is 77.9 Å². The summed E-state index contributed by atoms with van der Waals surface area (Å²) in [6.07, 6.45) is 2.75. The molecule has 0 saturated heterocycles. The number of ether oxygens (including phenoxy) is 2. The molecule has 166 valence electrons. The lowest BCUT2D eigenvalue weighted by Gasteiger charge is -2.12. The van der Waals surface area contributed by atoms with Gasteiger partial charge in [0.1, 0.15) is 0 Å². The maximum absolute atomic E-state index is 12.9. The zero-order chi connectivity index (χ0) is 22.6. The Kier molecular flexibility index (Phi) is 5.68. The molecule has 0 aliphatic carbocycles. The number of hydrogen-bond donors (Lipinski definition) is 3. The van der Waals surface area contributed by atoms with Crippen LogP contribution in [0.4, 0.5) is 5.69 Å². The van der Waals surface area contributed by atoms with Gasteiger partial charge in [-0.05, 0) is 60.9 Å². The van der Waals surface area contributed by atoms with E-state index in [0.717, 1.165) is 23.2 Å². The van der Waals surface area contributed by atoms with Gasteiger partial charge in [0.25, 0.3) is 5.91 Å². The van der Waals surface area contributed by atoms with E-state index < -0.39 is 0 Å². The maximum Gasteiger partial charge on any atom is 0.258 e. The lowest BCUT2D eigenvalue weighted by Crippen LogP contribution is -2.36. The number of aromatic amines is 1. The van der Waals surface area contributed by atoms with Gasteiger partial charge in [0.2, 0.25) is 12.8 Å². The predicted octanol–water partition coefficient (Wildman–Crippen LogP) is 4.65. The summed E-state index contributed by atoms with van der Waals surface area (Å²) in [5.74, 6) is 1.31. The molecular weight excluding hydrogens is 416 g/mol. The Hall–Kier alpha value is -4.26. The van der Waals surface area contributed by atoms with Crippen LogP contribution in [0.1, 0.15) is 21.5 Å². The van der Waals surface area contributed by atoms with Crippen LogP contribution in [0.5, 0.6) is 11.5 Å². The van der Waals surface area contributed by atoms with Crippen molar-refractivity contribution in [1.29, 1.82) is 0 Å². The molecule has 0 unspecified atom stereocenters. The van der Waals surface area contributed by atoms with Gasteiger partial charge in [0, 0.05) is 34.9 Å². The summed E-state index contributed by atoms with van der Waals surface area (Å²) in [5.41, 5.74) is 4.72. The summed E-state index contributed by atoms with van der Waals surface area (Å²) >= 11 is 0. The minimum absolute atomic E-state index is 0.163. The Balaban J connectivity index is 1.34. The highest BCUT2D eigenvalue weighted by Gasteiger charge is 2.17. The summed E-state index contributed by atoms with van der Waals surface area (Å²) < 4.78 is 10.7. The molecule has 0 fully saturated rings. The molecule has 33 heavy (non-hydrogen) atoms. The Morgan fingerprint density at radius 3 is 2.82 bits per heavy atom. The largest absolute Gasteiger partial charge is 0.454 e. The molecule has 7 nitrogen and oxygen atoms in total. The molecule has 1 aromatic heterocycles. The minimum Gasteiger partial charge on any atom is -0.454 e. The summed E-state index contributed by atoms with van der Waals surface area (Å²) in [6, 6.07) is 21.2. The highest BCUT2D eigenvalue weighted by molar-refractivity contribution is 6.10. The number of carbonyl (C=O) groups is 1. The molecule has 0 saturated carbocycles. The van der Waals surface area contributed by atoms with E-state index in [0.29, 0.717) is 29.6 Å². The number of carbonyl (C=O) groups excluding carboxylic acids is 1. The van der Waals surface area contributed by atoms with Gasteiger partial charge in [-0.15, -0.1) is 0 Å². The highest BCUT2D eigenvalue weighted by atomic mass is 16.7. The molecule has 1 aliphatic heterocycles. The number of aromatic nitrogens is 1. The van der Waals surface area contributed by atoms with E-state index in [1.54, 1.807) is 18.2 Å². The zero-order valence-electron chi connectivity index (χ0n) is 18.2. The SMILES string of the molecule is Cc1cccc(NC(=NCCc2c[nH]c3ccccc23)NC(=O)c2ccc3c(c2)OCO3)c1. The number of hydrogen-bond acceptors (Lipinski definition) is 4. The van der Waals surface area contributed by atoms with Gasteiger partial charge in [-0.1, -0.05) is 30.3 Å². The molecule has 3 N–H and O–H groups in total. The molecule has 7 heteroatoms. The zero-order valence-corrected chi connectivity index (χ0v) is 18.2. The van der Waals surface area contributed by atoms with Crippen molar-refractivity contribution < 1.29 is 14.3 Å². The van der Waals surface area contributed by atoms with E-state index in [9.17, 15) is 4.79 Å².